The molecule has 3 nitrogen and oxygen atoms in total. The molecule has 2 aliphatic rings. The Kier molecular flexibility index (Phi) is 3.56. The monoisotopic (exact) mass is 286 g/mol. The van der Waals surface area contributed by atoms with Gasteiger partial charge < -0.3 is 10.6 Å². The van der Waals surface area contributed by atoms with E-state index in [9.17, 15) is 4.79 Å². The highest BCUT2D eigenvalue weighted by Gasteiger charge is 2.40. The summed E-state index contributed by atoms with van der Waals surface area (Å²) in [6, 6.07) is 8.82. The van der Waals surface area contributed by atoms with E-state index in [2.05, 4.69) is 45.0 Å². The van der Waals surface area contributed by atoms with Gasteiger partial charge in [-0.3, -0.25) is 4.79 Å². The molecule has 0 radical (unpaired) electrons. The molecule has 1 aliphatic carbocycles. The highest BCUT2D eigenvalue weighted by atomic mass is 16.2. The SMILES string of the molecule is CC(C)(C)N1C(=O)CCC(N)C1c1ccc(C2CC2)cc1. The highest BCUT2D eigenvalue weighted by Crippen LogP contribution is 2.41. The van der Waals surface area contributed by atoms with Gasteiger partial charge in [0.1, 0.15) is 0 Å². The minimum absolute atomic E-state index is 0.000460. The van der Waals surface area contributed by atoms with Gasteiger partial charge in [0.15, 0.2) is 0 Å². The number of hydrogen-bond acceptors (Lipinski definition) is 2. The van der Waals surface area contributed by atoms with Crippen molar-refractivity contribution in [2.24, 2.45) is 5.73 Å². The molecule has 21 heavy (non-hydrogen) atoms. The molecule has 0 bridgehead atoms. The van der Waals surface area contributed by atoms with Crippen LogP contribution in [0.2, 0.25) is 0 Å². The van der Waals surface area contributed by atoms with E-state index in [0.29, 0.717) is 6.42 Å². The first-order valence-electron chi connectivity index (χ1n) is 8.05. The van der Waals surface area contributed by atoms with Crippen LogP contribution in [0.15, 0.2) is 24.3 Å². The fraction of sp³-hybridized carbons (Fsp3) is 0.611. The molecule has 2 fully saturated rings. The lowest BCUT2D eigenvalue weighted by atomic mass is 9.86. The number of carbonyl (C=O) groups is 1. The van der Waals surface area contributed by atoms with Crippen molar-refractivity contribution in [3.05, 3.63) is 35.4 Å². The van der Waals surface area contributed by atoms with Crippen molar-refractivity contribution in [3.8, 4) is 0 Å². The van der Waals surface area contributed by atoms with Gasteiger partial charge in [-0.25, -0.2) is 0 Å². The van der Waals surface area contributed by atoms with Gasteiger partial charge in [0.25, 0.3) is 0 Å². The van der Waals surface area contributed by atoms with Crippen molar-refractivity contribution in [1.82, 2.24) is 4.90 Å². The van der Waals surface area contributed by atoms with Crippen LogP contribution in [0.1, 0.15) is 69.5 Å². The molecule has 3 rings (SSSR count). The molecule has 1 aliphatic heterocycles. The molecule has 1 aromatic rings. The van der Waals surface area contributed by atoms with Crippen molar-refractivity contribution < 1.29 is 4.79 Å². The normalized spacial score (nSPS) is 27.0. The van der Waals surface area contributed by atoms with Gasteiger partial charge >= 0.3 is 0 Å². The van der Waals surface area contributed by atoms with E-state index in [-0.39, 0.29) is 23.5 Å². The van der Waals surface area contributed by atoms with Crippen LogP contribution in [0.4, 0.5) is 0 Å². The largest absolute Gasteiger partial charge is 0.329 e. The number of piperidine rings is 1. The summed E-state index contributed by atoms with van der Waals surface area (Å²) < 4.78 is 0. The average molecular weight is 286 g/mol. The summed E-state index contributed by atoms with van der Waals surface area (Å²) in [4.78, 5) is 14.4. The van der Waals surface area contributed by atoms with Crippen LogP contribution in [-0.2, 0) is 4.79 Å². The van der Waals surface area contributed by atoms with Gasteiger partial charge in [-0.15, -0.1) is 0 Å². The zero-order chi connectivity index (χ0) is 15.2. The van der Waals surface area contributed by atoms with Crippen LogP contribution in [0.5, 0.6) is 0 Å². The number of benzene rings is 1. The van der Waals surface area contributed by atoms with Gasteiger partial charge in [0.05, 0.1) is 6.04 Å². The summed E-state index contributed by atoms with van der Waals surface area (Å²) in [5.41, 5.74) is 8.78. The van der Waals surface area contributed by atoms with Gasteiger partial charge in [0, 0.05) is 18.0 Å². The molecule has 1 saturated heterocycles. The van der Waals surface area contributed by atoms with Crippen molar-refractivity contribution >= 4 is 5.91 Å². The molecule has 1 heterocycles. The lowest BCUT2D eigenvalue weighted by Crippen LogP contribution is -2.56. The Balaban J connectivity index is 1.93. The highest BCUT2D eigenvalue weighted by molar-refractivity contribution is 5.78. The zero-order valence-electron chi connectivity index (χ0n) is 13.3. The molecular weight excluding hydrogens is 260 g/mol. The molecule has 1 amide bonds. The van der Waals surface area contributed by atoms with Gasteiger partial charge in [-0.1, -0.05) is 24.3 Å². The first-order chi connectivity index (χ1) is 9.88. The third-order valence-corrected chi connectivity index (χ3v) is 4.69. The lowest BCUT2D eigenvalue weighted by Gasteiger charge is -2.47. The summed E-state index contributed by atoms with van der Waals surface area (Å²) in [6.45, 7) is 6.28. The minimum Gasteiger partial charge on any atom is -0.329 e. The third-order valence-electron chi connectivity index (χ3n) is 4.69. The number of nitrogens with two attached hydrogens (primary N) is 1. The quantitative estimate of drug-likeness (QED) is 0.906. The Morgan fingerprint density at radius 1 is 1.05 bits per heavy atom. The summed E-state index contributed by atoms with van der Waals surface area (Å²) in [6.07, 6.45) is 3.97. The molecule has 0 spiro atoms. The number of carbonyl (C=O) groups excluding carboxylic acids is 1. The number of nitrogens with zero attached hydrogens (tertiary/aromatic N) is 1. The van der Waals surface area contributed by atoms with Crippen LogP contribution in [0.25, 0.3) is 0 Å². The number of rotatable bonds is 2. The number of amides is 1. The van der Waals surface area contributed by atoms with Crippen molar-refractivity contribution in [2.45, 2.75) is 70.0 Å². The first-order valence-corrected chi connectivity index (χ1v) is 8.05. The average Bonchev–Trinajstić information content (AvgIpc) is 3.24. The van der Waals surface area contributed by atoms with Crippen LogP contribution in [0.3, 0.4) is 0 Å². The van der Waals surface area contributed by atoms with Crippen LogP contribution < -0.4 is 5.73 Å². The van der Waals surface area contributed by atoms with Crippen LogP contribution in [0, 0.1) is 0 Å². The number of likely N-dealkylation sites (tertiary alicyclic amines) is 1. The molecule has 0 aromatic heterocycles. The lowest BCUT2D eigenvalue weighted by molar-refractivity contribution is -0.144. The topological polar surface area (TPSA) is 46.3 Å². The second kappa shape index (κ2) is 5.13. The fourth-order valence-electron chi connectivity index (χ4n) is 3.48. The number of hydrogen-bond donors (Lipinski definition) is 1. The predicted octanol–water partition coefficient (Wildman–Crippen LogP) is 3.35. The molecular formula is C18H26N2O. The van der Waals surface area contributed by atoms with E-state index >= 15 is 0 Å². The maximum Gasteiger partial charge on any atom is 0.223 e. The van der Waals surface area contributed by atoms with Gasteiger partial charge in [0.2, 0.25) is 5.91 Å². The van der Waals surface area contributed by atoms with Crippen LogP contribution >= 0.6 is 0 Å². The van der Waals surface area contributed by atoms with E-state index < -0.39 is 0 Å². The summed E-state index contributed by atoms with van der Waals surface area (Å²) >= 11 is 0. The van der Waals surface area contributed by atoms with E-state index in [1.54, 1.807) is 0 Å². The van der Waals surface area contributed by atoms with Crippen LogP contribution in [-0.4, -0.2) is 22.4 Å². The Morgan fingerprint density at radius 2 is 1.62 bits per heavy atom. The molecule has 2 N–H and O–H groups in total. The van der Waals surface area contributed by atoms with Gasteiger partial charge in [-0.05, 0) is 57.1 Å². The van der Waals surface area contributed by atoms with Gasteiger partial charge in [-0.2, -0.15) is 0 Å². The summed E-state index contributed by atoms with van der Waals surface area (Å²) in [5, 5.41) is 0. The Bertz CT molecular complexity index is 525. The molecule has 3 heteroatoms. The standard InChI is InChI=1S/C18H26N2O/c1-18(2,3)20-16(21)11-10-15(19)17(20)14-8-6-13(7-9-14)12-4-5-12/h6-9,12,15,17H,4-5,10-11,19H2,1-3H3. The molecule has 1 aromatic carbocycles. The zero-order valence-corrected chi connectivity index (χ0v) is 13.3. The summed E-state index contributed by atoms with van der Waals surface area (Å²) in [7, 11) is 0. The molecule has 1 saturated carbocycles. The maximum absolute atomic E-state index is 12.4. The summed E-state index contributed by atoms with van der Waals surface area (Å²) in [5.74, 6) is 0.986. The molecule has 2 atom stereocenters. The molecule has 114 valence electrons. The smallest absolute Gasteiger partial charge is 0.223 e. The molecule has 2 unspecified atom stereocenters. The first kappa shape index (κ1) is 14.6. The fourth-order valence-corrected chi connectivity index (χ4v) is 3.48. The Morgan fingerprint density at radius 3 is 2.14 bits per heavy atom. The van der Waals surface area contributed by atoms with Crippen molar-refractivity contribution in [1.29, 1.82) is 0 Å². The minimum atomic E-state index is -0.199. The van der Waals surface area contributed by atoms with E-state index in [4.69, 9.17) is 5.73 Å². The van der Waals surface area contributed by atoms with E-state index in [0.717, 1.165) is 12.3 Å². The second-order valence-corrected chi connectivity index (χ2v) is 7.52. The Hall–Kier alpha value is -1.35. The van der Waals surface area contributed by atoms with Crippen molar-refractivity contribution in [2.75, 3.05) is 0 Å². The maximum atomic E-state index is 12.4. The predicted molar refractivity (Wildman–Crippen MR) is 85.0 cm³/mol. The van der Waals surface area contributed by atoms with E-state index in [1.165, 1.54) is 24.0 Å². The van der Waals surface area contributed by atoms with E-state index in [1.807, 2.05) is 4.90 Å². The second-order valence-electron chi connectivity index (χ2n) is 7.52. The Labute approximate surface area is 127 Å². The third kappa shape index (κ3) is 2.84. The van der Waals surface area contributed by atoms with Crippen molar-refractivity contribution in [3.63, 3.8) is 0 Å².